The minimum atomic E-state index is 0.813. The highest BCUT2D eigenvalue weighted by molar-refractivity contribution is 9.10. The second-order valence-corrected chi connectivity index (χ2v) is 6.03. The van der Waals surface area contributed by atoms with Crippen LogP contribution < -0.4 is 0 Å². The Kier molecular flexibility index (Phi) is 8.90. The Hall–Kier alpha value is -1.38. The van der Waals surface area contributed by atoms with Crippen LogP contribution in [0, 0.1) is 0 Å². The minimum absolute atomic E-state index is 0.813. The Labute approximate surface area is 149 Å². The summed E-state index contributed by atoms with van der Waals surface area (Å²) in [6.07, 6.45) is 12.6. The Morgan fingerprint density at radius 2 is 2.17 bits per heavy atom. The van der Waals surface area contributed by atoms with Crippen molar-refractivity contribution >= 4 is 36.2 Å². The Bertz CT molecular complexity index is 717. The zero-order chi connectivity index (χ0) is 17.2. The molecule has 1 atom stereocenters. The minimum Gasteiger partial charge on any atom is -0.496 e. The number of ether oxygens (including phenoxy) is 1. The van der Waals surface area contributed by atoms with E-state index in [4.69, 9.17) is 4.74 Å². The lowest BCUT2D eigenvalue weighted by Crippen LogP contribution is -1.88. The summed E-state index contributed by atoms with van der Waals surface area (Å²) in [5.41, 5.74) is 2.11. The van der Waals surface area contributed by atoms with Crippen LogP contribution in [0.1, 0.15) is 26.3 Å². The van der Waals surface area contributed by atoms with E-state index in [1.807, 2.05) is 45.2 Å². The average Bonchev–Trinajstić information content (AvgIpc) is 2.97. The van der Waals surface area contributed by atoms with Crippen molar-refractivity contribution in [2.45, 2.75) is 27.2 Å². The van der Waals surface area contributed by atoms with Gasteiger partial charge in [-0.1, -0.05) is 32.1 Å². The fraction of sp³-hybridized carbons (Fsp3) is 0.278. The predicted octanol–water partition coefficient (Wildman–Crippen LogP) is 5.76. The molecule has 2 rings (SSSR count). The summed E-state index contributed by atoms with van der Waals surface area (Å²) in [5, 5.41) is 2.17. The number of hydrogen-bond acceptors (Lipinski definition) is 2. The lowest BCUT2D eigenvalue weighted by molar-refractivity contribution is 0.305. The van der Waals surface area contributed by atoms with Crippen LogP contribution in [-0.2, 0) is 11.2 Å². The van der Waals surface area contributed by atoms with E-state index in [1.165, 1.54) is 5.56 Å². The molecule has 0 spiro atoms. The smallest absolute Gasteiger partial charge is 0.137 e. The summed E-state index contributed by atoms with van der Waals surface area (Å²) in [5.74, 6) is 0.845. The van der Waals surface area contributed by atoms with Crippen molar-refractivity contribution in [1.29, 1.82) is 0 Å². The van der Waals surface area contributed by atoms with Gasteiger partial charge in [0.2, 0.25) is 0 Å². The van der Waals surface area contributed by atoms with Gasteiger partial charge in [-0.25, -0.2) is 4.98 Å². The number of H-pyrrole nitrogens is 1. The molecule has 0 saturated carbocycles. The molecular formula is C18H24BrN2OP. The lowest BCUT2D eigenvalue weighted by atomic mass is 10.1. The maximum Gasteiger partial charge on any atom is 0.137 e. The molecule has 0 fully saturated rings. The van der Waals surface area contributed by atoms with Crippen molar-refractivity contribution in [3.05, 3.63) is 63.9 Å². The van der Waals surface area contributed by atoms with E-state index in [1.54, 1.807) is 13.3 Å². The SMILES string of the molecule is CC.C\C=C/C=C(OC)\C(P)=C\Cc1c[nH]c2ncc(Br)cc12. The molecule has 2 aromatic rings. The van der Waals surface area contributed by atoms with Gasteiger partial charge in [-0.15, -0.1) is 9.24 Å². The Morgan fingerprint density at radius 3 is 2.83 bits per heavy atom. The maximum absolute atomic E-state index is 5.38. The molecule has 0 amide bonds. The van der Waals surface area contributed by atoms with Crippen molar-refractivity contribution in [2.75, 3.05) is 7.11 Å². The average molecular weight is 395 g/mol. The van der Waals surface area contributed by atoms with Crippen LogP contribution in [0.15, 0.2) is 58.3 Å². The molecule has 0 radical (unpaired) electrons. The number of rotatable bonds is 5. The monoisotopic (exact) mass is 394 g/mol. The van der Waals surface area contributed by atoms with Gasteiger partial charge < -0.3 is 9.72 Å². The summed E-state index contributed by atoms with van der Waals surface area (Å²) in [6.45, 7) is 5.98. The van der Waals surface area contributed by atoms with E-state index in [2.05, 4.69) is 47.3 Å². The first-order valence-electron chi connectivity index (χ1n) is 7.60. The van der Waals surface area contributed by atoms with Crippen LogP contribution in [-0.4, -0.2) is 17.1 Å². The van der Waals surface area contributed by atoms with Gasteiger partial charge in [0.1, 0.15) is 11.4 Å². The zero-order valence-electron chi connectivity index (χ0n) is 14.1. The molecule has 5 heteroatoms. The molecule has 1 N–H and O–H groups in total. The molecule has 23 heavy (non-hydrogen) atoms. The summed E-state index contributed by atoms with van der Waals surface area (Å²) in [6, 6.07) is 2.08. The highest BCUT2D eigenvalue weighted by Crippen LogP contribution is 2.24. The number of hydrogen-bond donors (Lipinski definition) is 1. The first-order valence-corrected chi connectivity index (χ1v) is 8.97. The Morgan fingerprint density at radius 1 is 1.43 bits per heavy atom. The lowest BCUT2D eigenvalue weighted by Gasteiger charge is -2.05. The number of aromatic nitrogens is 2. The number of aromatic amines is 1. The number of fused-ring (bicyclic) bond motifs is 1. The van der Waals surface area contributed by atoms with Crippen LogP contribution in [0.5, 0.6) is 0 Å². The van der Waals surface area contributed by atoms with Crippen LogP contribution in [0.2, 0.25) is 0 Å². The fourth-order valence-electron chi connectivity index (χ4n) is 1.99. The van der Waals surface area contributed by atoms with E-state index >= 15 is 0 Å². The van der Waals surface area contributed by atoms with Gasteiger partial charge in [0.05, 0.1) is 7.11 Å². The predicted molar refractivity (Wildman–Crippen MR) is 107 cm³/mol. The number of methoxy groups -OCH3 is 1. The van der Waals surface area contributed by atoms with Crippen molar-refractivity contribution in [3.8, 4) is 0 Å². The van der Waals surface area contributed by atoms with Gasteiger partial charge in [-0.05, 0) is 47.0 Å². The summed E-state index contributed by atoms with van der Waals surface area (Å²) >= 11 is 3.46. The van der Waals surface area contributed by atoms with E-state index < -0.39 is 0 Å². The fourth-order valence-corrected chi connectivity index (χ4v) is 2.65. The van der Waals surface area contributed by atoms with Gasteiger partial charge in [0, 0.05) is 27.6 Å². The summed E-state index contributed by atoms with van der Waals surface area (Å²) < 4.78 is 6.37. The number of pyridine rings is 1. The second kappa shape index (κ2) is 10.4. The number of halogens is 1. The topological polar surface area (TPSA) is 37.9 Å². The zero-order valence-corrected chi connectivity index (χ0v) is 16.8. The van der Waals surface area contributed by atoms with Crippen molar-refractivity contribution < 1.29 is 4.74 Å². The second-order valence-electron chi connectivity index (χ2n) is 4.49. The molecule has 1 unspecified atom stereocenters. The molecule has 0 saturated heterocycles. The van der Waals surface area contributed by atoms with Crippen LogP contribution in [0.25, 0.3) is 11.0 Å². The van der Waals surface area contributed by atoms with Gasteiger partial charge in [0.25, 0.3) is 0 Å². The highest BCUT2D eigenvalue weighted by atomic mass is 79.9. The van der Waals surface area contributed by atoms with Crippen molar-refractivity contribution in [1.82, 2.24) is 9.97 Å². The van der Waals surface area contributed by atoms with E-state index in [-0.39, 0.29) is 0 Å². The summed E-state index contributed by atoms with van der Waals surface area (Å²) in [7, 11) is 4.40. The molecule has 0 aliphatic carbocycles. The molecule has 0 bridgehead atoms. The molecule has 0 aliphatic rings. The molecule has 0 aliphatic heterocycles. The third-order valence-electron chi connectivity index (χ3n) is 3.07. The van der Waals surface area contributed by atoms with Gasteiger partial charge in [-0.2, -0.15) is 0 Å². The number of allylic oxidation sites excluding steroid dienone is 5. The van der Waals surface area contributed by atoms with E-state index in [9.17, 15) is 0 Å². The van der Waals surface area contributed by atoms with Crippen molar-refractivity contribution in [2.24, 2.45) is 0 Å². The molecule has 124 valence electrons. The molecular weight excluding hydrogens is 371 g/mol. The third-order valence-corrected chi connectivity index (χ3v) is 4.02. The first-order chi connectivity index (χ1) is 11.2. The van der Waals surface area contributed by atoms with Gasteiger partial charge in [0.15, 0.2) is 0 Å². The standard InChI is InChI=1S/C16H18BrN2OP.C2H6/c1-3-4-5-14(20-2)15(21)7-6-11-9-18-16-13(11)8-12(17)10-19-16;1-2/h3-5,7-10H,6,21H2,1-2H3,(H,18,19);1-2H3/b4-3-,14-5+,15-7-;. The maximum atomic E-state index is 5.38. The van der Waals surface area contributed by atoms with E-state index in [0.717, 1.165) is 33.0 Å². The summed E-state index contributed by atoms with van der Waals surface area (Å²) in [4.78, 5) is 7.54. The van der Waals surface area contributed by atoms with Crippen LogP contribution in [0.3, 0.4) is 0 Å². The third kappa shape index (κ3) is 5.63. The number of nitrogens with zero attached hydrogens (tertiary/aromatic N) is 1. The van der Waals surface area contributed by atoms with Gasteiger partial charge >= 0.3 is 0 Å². The largest absolute Gasteiger partial charge is 0.496 e. The Balaban J connectivity index is 0.00000127. The quantitative estimate of drug-likeness (QED) is 0.397. The van der Waals surface area contributed by atoms with Gasteiger partial charge in [-0.3, -0.25) is 0 Å². The normalized spacial score (nSPS) is 12.4. The molecule has 0 aromatic carbocycles. The first kappa shape index (κ1) is 19.7. The van der Waals surface area contributed by atoms with Crippen LogP contribution >= 0.6 is 25.2 Å². The molecule has 3 nitrogen and oxygen atoms in total. The number of nitrogens with one attached hydrogen (secondary N) is 1. The highest BCUT2D eigenvalue weighted by Gasteiger charge is 2.05. The molecule has 2 heterocycles. The molecule has 2 aromatic heterocycles. The van der Waals surface area contributed by atoms with E-state index in [0.29, 0.717) is 0 Å². The van der Waals surface area contributed by atoms with Crippen LogP contribution in [0.4, 0.5) is 0 Å². The van der Waals surface area contributed by atoms with Crippen molar-refractivity contribution in [3.63, 3.8) is 0 Å².